The summed E-state index contributed by atoms with van der Waals surface area (Å²) in [6, 6.07) is 50.1. The molecule has 0 N–H and O–H groups in total. The maximum absolute atomic E-state index is 5.36. The molecular formula is C54H43BN4. The van der Waals surface area contributed by atoms with Crippen molar-refractivity contribution < 1.29 is 0 Å². The van der Waals surface area contributed by atoms with Crippen LogP contribution in [0.4, 0.5) is 0 Å². The molecule has 6 aromatic carbocycles. The molecular weight excluding hydrogens is 715 g/mol. The maximum Gasteiger partial charge on any atom is 0.243 e. The first kappa shape index (κ1) is 36.4. The summed E-state index contributed by atoms with van der Waals surface area (Å²) in [5, 5.41) is 7.27. The molecule has 4 heterocycles. The van der Waals surface area contributed by atoms with Gasteiger partial charge in [-0.1, -0.05) is 141 Å². The summed E-state index contributed by atoms with van der Waals surface area (Å²) in [5.74, 6) is 0. The van der Waals surface area contributed by atoms with Crippen LogP contribution >= 0.6 is 0 Å². The molecule has 0 aliphatic rings. The molecule has 0 radical (unpaired) electrons. The minimum Gasteiger partial charge on any atom is -0.255 e. The second-order valence-corrected chi connectivity index (χ2v) is 16.2. The van der Waals surface area contributed by atoms with Crippen molar-refractivity contribution >= 4 is 55.4 Å². The fourth-order valence-corrected chi connectivity index (χ4v) is 9.83. The topological polar surface area (TPSA) is 51.6 Å². The van der Waals surface area contributed by atoms with E-state index in [2.05, 4.69) is 149 Å². The largest absolute Gasteiger partial charge is 0.255 e. The number of aryl methyl sites for hydroxylation is 6. The third-order valence-electron chi connectivity index (χ3n) is 12.1. The Bertz CT molecular complexity index is 3130. The Morgan fingerprint density at radius 1 is 0.373 bits per heavy atom. The first-order chi connectivity index (χ1) is 28.7. The lowest BCUT2D eigenvalue weighted by molar-refractivity contribution is 1.25. The van der Waals surface area contributed by atoms with Crippen molar-refractivity contribution in [1.82, 2.24) is 19.9 Å². The van der Waals surface area contributed by atoms with Crippen molar-refractivity contribution in [3.05, 3.63) is 185 Å². The van der Waals surface area contributed by atoms with Gasteiger partial charge in [0.1, 0.15) is 0 Å². The van der Waals surface area contributed by atoms with E-state index in [1.54, 1.807) is 0 Å². The Morgan fingerprint density at radius 2 is 0.831 bits per heavy atom. The van der Waals surface area contributed by atoms with Crippen LogP contribution < -0.4 is 16.4 Å². The predicted molar refractivity (Wildman–Crippen MR) is 249 cm³/mol. The van der Waals surface area contributed by atoms with Gasteiger partial charge in [-0.25, -0.2) is 9.97 Å². The van der Waals surface area contributed by atoms with Crippen LogP contribution in [0.25, 0.3) is 77.6 Å². The summed E-state index contributed by atoms with van der Waals surface area (Å²) in [7, 11) is 0. The zero-order chi connectivity index (χ0) is 40.4. The van der Waals surface area contributed by atoms with Gasteiger partial charge in [0, 0.05) is 23.5 Å². The van der Waals surface area contributed by atoms with Crippen molar-refractivity contribution in [2.75, 3.05) is 0 Å². The van der Waals surface area contributed by atoms with E-state index in [0.29, 0.717) is 0 Å². The van der Waals surface area contributed by atoms with Crippen LogP contribution in [0, 0.1) is 41.5 Å². The molecule has 0 aliphatic heterocycles. The quantitative estimate of drug-likeness (QED) is 0.120. The molecule has 0 aliphatic carbocycles. The SMILES string of the molecule is Cc1cc(C)c(B(c2c(C)cc(C)cc2C)c2cc(-c3cccc(-c4ccccn4)n3)c3ccc4c(-c5cccc(-c6ccccn6)n5)ccc5ccc2c3c54)c(C)c1. The Hall–Kier alpha value is -6.98. The van der Waals surface area contributed by atoms with E-state index < -0.39 is 0 Å². The summed E-state index contributed by atoms with van der Waals surface area (Å²) in [6.45, 7) is 13.5. The summed E-state index contributed by atoms with van der Waals surface area (Å²) >= 11 is 0. The van der Waals surface area contributed by atoms with Gasteiger partial charge in [0.25, 0.3) is 0 Å². The molecule has 0 bridgehead atoms. The molecule has 0 amide bonds. The number of hydrogen-bond donors (Lipinski definition) is 0. The van der Waals surface area contributed by atoms with Crippen LogP contribution in [0.3, 0.4) is 0 Å². The third-order valence-corrected chi connectivity index (χ3v) is 12.1. The lowest BCUT2D eigenvalue weighted by atomic mass is 9.33. The van der Waals surface area contributed by atoms with E-state index in [1.165, 1.54) is 82.1 Å². The van der Waals surface area contributed by atoms with Crippen LogP contribution in [0.5, 0.6) is 0 Å². The number of hydrogen-bond acceptors (Lipinski definition) is 4. The standard InChI is InChI=1S/C54H43BN4/c1-32-27-34(3)53(35(4)28-32)55(54-36(5)29-33(2)30-37(54)6)44-31-43(46-16-12-18-50(59-46)48-14-8-10-26-57-48)41-24-23-40-39(21-19-38-20-22-42(44)52(41)51(38)40)45-15-11-17-49(58-45)47-13-7-9-25-56-47/h7-31H,1-6H3. The third kappa shape index (κ3) is 6.25. The molecule has 0 saturated heterocycles. The first-order valence-corrected chi connectivity index (χ1v) is 20.4. The second kappa shape index (κ2) is 14.4. The maximum atomic E-state index is 5.36. The summed E-state index contributed by atoms with van der Waals surface area (Å²) < 4.78 is 0. The zero-order valence-corrected chi connectivity index (χ0v) is 34.3. The molecule has 59 heavy (non-hydrogen) atoms. The molecule has 0 fully saturated rings. The number of nitrogens with zero attached hydrogens (tertiary/aromatic N) is 4. The first-order valence-electron chi connectivity index (χ1n) is 20.4. The minimum atomic E-state index is -0.0327. The van der Waals surface area contributed by atoms with Gasteiger partial charge in [0.05, 0.1) is 34.2 Å². The van der Waals surface area contributed by atoms with Gasteiger partial charge in [-0.2, -0.15) is 0 Å². The van der Waals surface area contributed by atoms with Crippen molar-refractivity contribution in [2.45, 2.75) is 41.5 Å². The molecule has 4 nitrogen and oxygen atoms in total. The number of rotatable bonds is 7. The van der Waals surface area contributed by atoms with Crippen molar-refractivity contribution in [2.24, 2.45) is 0 Å². The lowest BCUT2D eigenvalue weighted by Crippen LogP contribution is -2.56. The van der Waals surface area contributed by atoms with E-state index in [-0.39, 0.29) is 6.71 Å². The van der Waals surface area contributed by atoms with Crippen LogP contribution in [0.1, 0.15) is 33.4 Å². The molecule has 282 valence electrons. The Morgan fingerprint density at radius 3 is 1.36 bits per heavy atom. The van der Waals surface area contributed by atoms with Crippen molar-refractivity contribution in [3.63, 3.8) is 0 Å². The molecule has 0 atom stereocenters. The van der Waals surface area contributed by atoms with Gasteiger partial charge in [0.15, 0.2) is 0 Å². The fourth-order valence-electron chi connectivity index (χ4n) is 9.83. The van der Waals surface area contributed by atoms with Gasteiger partial charge in [-0.3, -0.25) is 9.97 Å². The van der Waals surface area contributed by atoms with Crippen LogP contribution in [0.15, 0.2) is 152 Å². The lowest BCUT2D eigenvalue weighted by Gasteiger charge is -2.27. The van der Waals surface area contributed by atoms with E-state index in [0.717, 1.165) is 45.3 Å². The zero-order valence-electron chi connectivity index (χ0n) is 34.3. The molecule has 0 unspecified atom stereocenters. The summed E-state index contributed by atoms with van der Waals surface area (Å²) in [4.78, 5) is 19.9. The number of benzene rings is 6. The average Bonchev–Trinajstić information content (AvgIpc) is 3.25. The van der Waals surface area contributed by atoms with Gasteiger partial charge in [-0.05, 0) is 122 Å². The van der Waals surface area contributed by atoms with Gasteiger partial charge >= 0.3 is 0 Å². The number of aromatic nitrogens is 4. The molecule has 10 aromatic rings. The average molecular weight is 759 g/mol. The van der Waals surface area contributed by atoms with E-state index in [1.807, 2.05) is 54.9 Å². The van der Waals surface area contributed by atoms with Crippen LogP contribution in [-0.4, -0.2) is 26.6 Å². The Kier molecular flexibility index (Phi) is 8.90. The highest BCUT2D eigenvalue weighted by atomic mass is 14.8. The highest BCUT2D eigenvalue weighted by Crippen LogP contribution is 2.42. The minimum absolute atomic E-state index is 0.0327. The highest BCUT2D eigenvalue weighted by molar-refractivity contribution is 6.98. The van der Waals surface area contributed by atoms with Gasteiger partial charge in [0.2, 0.25) is 6.71 Å². The highest BCUT2D eigenvalue weighted by Gasteiger charge is 2.32. The normalized spacial score (nSPS) is 11.6. The predicted octanol–water partition coefficient (Wildman–Crippen LogP) is 11.2. The fraction of sp³-hybridized carbons (Fsp3) is 0.111. The van der Waals surface area contributed by atoms with Crippen LogP contribution in [0.2, 0.25) is 0 Å². The molecule has 0 saturated carbocycles. The number of pyridine rings is 4. The smallest absolute Gasteiger partial charge is 0.243 e. The van der Waals surface area contributed by atoms with E-state index >= 15 is 0 Å². The summed E-state index contributed by atoms with van der Waals surface area (Å²) in [6.07, 6.45) is 3.65. The van der Waals surface area contributed by atoms with Crippen molar-refractivity contribution in [3.8, 4) is 45.3 Å². The summed E-state index contributed by atoms with van der Waals surface area (Å²) in [5.41, 5.74) is 19.2. The molecule has 0 spiro atoms. The van der Waals surface area contributed by atoms with E-state index in [9.17, 15) is 0 Å². The monoisotopic (exact) mass is 758 g/mol. The van der Waals surface area contributed by atoms with Gasteiger partial charge in [-0.15, -0.1) is 0 Å². The molecule has 4 aromatic heterocycles. The van der Waals surface area contributed by atoms with Crippen molar-refractivity contribution in [1.29, 1.82) is 0 Å². The second-order valence-electron chi connectivity index (χ2n) is 16.2. The van der Waals surface area contributed by atoms with Crippen LogP contribution in [-0.2, 0) is 0 Å². The molecule has 5 heteroatoms. The van der Waals surface area contributed by atoms with E-state index in [4.69, 9.17) is 9.97 Å². The Labute approximate surface area is 346 Å². The Balaban J connectivity index is 1.33. The van der Waals surface area contributed by atoms with Gasteiger partial charge < -0.3 is 0 Å². The molecule has 10 rings (SSSR count).